The molecule has 0 aliphatic heterocycles. The van der Waals surface area contributed by atoms with Crippen molar-refractivity contribution in [1.82, 2.24) is 19.5 Å². The number of hydrogen-bond donors (Lipinski definition) is 1. The summed E-state index contributed by atoms with van der Waals surface area (Å²) in [6.45, 7) is 3.84. The van der Waals surface area contributed by atoms with Crippen molar-refractivity contribution in [2.45, 2.75) is 26.7 Å². The van der Waals surface area contributed by atoms with Gasteiger partial charge in [-0.05, 0) is 13.3 Å². The molecular formula is C12H15N5O. The van der Waals surface area contributed by atoms with E-state index in [9.17, 15) is 4.79 Å². The van der Waals surface area contributed by atoms with Crippen molar-refractivity contribution >= 4 is 11.7 Å². The molecule has 0 bridgehead atoms. The van der Waals surface area contributed by atoms with E-state index in [4.69, 9.17) is 0 Å². The van der Waals surface area contributed by atoms with Gasteiger partial charge in [-0.3, -0.25) is 9.36 Å². The Balaban J connectivity index is 2.20. The summed E-state index contributed by atoms with van der Waals surface area (Å²) in [5, 5.41) is 2.74. The lowest BCUT2D eigenvalue weighted by molar-refractivity contribution is -0.116. The van der Waals surface area contributed by atoms with E-state index in [0.29, 0.717) is 18.1 Å². The highest BCUT2D eigenvalue weighted by Gasteiger charge is 2.06. The number of rotatable bonds is 4. The number of aromatic nitrogens is 4. The van der Waals surface area contributed by atoms with Crippen LogP contribution in [0.5, 0.6) is 0 Å². The molecule has 1 amide bonds. The van der Waals surface area contributed by atoms with Crippen LogP contribution >= 0.6 is 0 Å². The summed E-state index contributed by atoms with van der Waals surface area (Å²) in [5.41, 5.74) is 0. The second-order valence-electron chi connectivity index (χ2n) is 3.90. The molecule has 6 nitrogen and oxygen atoms in total. The molecule has 0 unspecified atom stereocenters. The predicted octanol–water partition coefficient (Wildman–Crippen LogP) is 1.71. The molecule has 1 N–H and O–H groups in total. The molecule has 0 aliphatic rings. The van der Waals surface area contributed by atoms with Crippen LogP contribution in [0.3, 0.4) is 0 Å². The SMILES string of the molecule is CCCC(=O)Nc1cc(-n2ccnc2C)ncn1. The van der Waals surface area contributed by atoms with Gasteiger partial charge in [-0.15, -0.1) is 0 Å². The number of imidazole rings is 1. The number of nitrogens with one attached hydrogen (secondary N) is 1. The quantitative estimate of drug-likeness (QED) is 0.890. The molecule has 0 radical (unpaired) electrons. The molecule has 2 heterocycles. The predicted molar refractivity (Wildman–Crippen MR) is 67.4 cm³/mol. The first kappa shape index (κ1) is 12.2. The maximum absolute atomic E-state index is 11.5. The van der Waals surface area contributed by atoms with Crippen LogP contribution in [0.15, 0.2) is 24.8 Å². The van der Waals surface area contributed by atoms with E-state index >= 15 is 0 Å². The Labute approximate surface area is 105 Å². The van der Waals surface area contributed by atoms with Gasteiger partial charge in [0.2, 0.25) is 5.91 Å². The van der Waals surface area contributed by atoms with E-state index in [1.165, 1.54) is 6.33 Å². The Hall–Kier alpha value is -2.24. The maximum atomic E-state index is 11.5. The Kier molecular flexibility index (Phi) is 3.66. The smallest absolute Gasteiger partial charge is 0.225 e. The fourth-order valence-electron chi connectivity index (χ4n) is 1.60. The van der Waals surface area contributed by atoms with Gasteiger partial charge < -0.3 is 5.32 Å². The lowest BCUT2D eigenvalue weighted by atomic mass is 10.3. The molecule has 0 spiro atoms. The van der Waals surface area contributed by atoms with Gasteiger partial charge in [-0.25, -0.2) is 15.0 Å². The molecule has 94 valence electrons. The minimum atomic E-state index is -0.0375. The van der Waals surface area contributed by atoms with E-state index in [1.54, 1.807) is 12.3 Å². The summed E-state index contributed by atoms with van der Waals surface area (Å²) in [5.74, 6) is 1.99. The van der Waals surface area contributed by atoms with E-state index in [-0.39, 0.29) is 5.91 Å². The van der Waals surface area contributed by atoms with E-state index in [2.05, 4.69) is 20.3 Å². The van der Waals surface area contributed by atoms with Crippen LogP contribution < -0.4 is 5.32 Å². The van der Waals surface area contributed by atoms with Crippen LogP contribution in [0.4, 0.5) is 5.82 Å². The Morgan fingerprint density at radius 1 is 1.39 bits per heavy atom. The zero-order valence-electron chi connectivity index (χ0n) is 10.4. The maximum Gasteiger partial charge on any atom is 0.225 e. The number of carbonyl (C=O) groups is 1. The third-order valence-electron chi connectivity index (χ3n) is 2.47. The van der Waals surface area contributed by atoms with Crippen molar-refractivity contribution in [1.29, 1.82) is 0 Å². The average molecular weight is 245 g/mol. The van der Waals surface area contributed by atoms with Gasteiger partial charge in [0.15, 0.2) is 0 Å². The number of carbonyl (C=O) groups excluding carboxylic acids is 1. The summed E-state index contributed by atoms with van der Waals surface area (Å²) >= 11 is 0. The third kappa shape index (κ3) is 2.71. The van der Waals surface area contributed by atoms with Crippen LogP contribution in [0.25, 0.3) is 5.82 Å². The fourth-order valence-corrected chi connectivity index (χ4v) is 1.60. The van der Waals surface area contributed by atoms with Crippen molar-refractivity contribution < 1.29 is 4.79 Å². The van der Waals surface area contributed by atoms with Gasteiger partial charge in [-0.1, -0.05) is 6.92 Å². The first-order valence-electron chi connectivity index (χ1n) is 5.83. The highest BCUT2D eigenvalue weighted by molar-refractivity contribution is 5.89. The second kappa shape index (κ2) is 5.39. The monoisotopic (exact) mass is 245 g/mol. The number of aryl methyl sites for hydroxylation is 1. The molecule has 6 heteroatoms. The third-order valence-corrected chi connectivity index (χ3v) is 2.47. The molecule has 2 aromatic heterocycles. The number of amides is 1. The van der Waals surface area contributed by atoms with E-state index < -0.39 is 0 Å². The molecule has 2 rings (SSSR count). The van der Waals surface area contributed by atoms with E-state index in [0.717, 1.165) is 12.2 Å². The van der Waals surface area contributed by atoms with Gasteiger partial charge in [0, 0.05) is 24.9 Å². The van der Waals surface area contributed by atoms with Crippen LogP contribution in [-0.2, 0) is 4.79 Å². The molecule has 0 saturated carbocycles. The van der Waals surface area contributed by atoms with Crippen LogP contribution in [-0.4, -0.2) is 25.4 Å². The minimum absolute atomic E-state index is 0.0375. The number of nitrogens with zero attached hydrogens (tertiary/aromatic N) is 4. The van der Waals surface area contributed by atoms with Crippen molar-refractivity contribution in [3.8, 4) is 5.82 Å². The van der Waals surface area contributed by atoms with Crippen LogP contribution in [0.1, 0.15) is 25.6 Å². The first-order valence-corrected chi connectivity index (χ1v) is 5.83. The van der Waals surface area contributed by atoms with Crippen LogP contribution in [0, 0.1) is 6.92 Å². The van der Waals surface area contributed by atoms with Gasteiger partial charge in [0.1, 0.15) is 23.8 Å². The van der Waals surface area contributed by atoms with Crippen molar-refractivity contribution in [2.24, 2.45) is 0 Å². The molecule has 0 aliphatic carbocycles. The zero-order chi connectivity index (χ0) is 13.0. The average Bonchev–Trinajstić information content (AvgIpc) is 2.76. The highest BCUT2D eigenvalue weighted by Crippen LogP contribution is 2.11. The largest absolute Gasteiger partial charge is 0.311 e. The molecule has 2 aromatic rings. The summed E-state index contributed by atoms with van der Waals surface area (Å²) in [4.78, 5) is 23.8. The van der Waals surface area contributed by atoms with Crippen molar-refractivity contribution in [3.63, 3.8) is 0 Å². The minimum Gasteiger partial charge on any atom is -0.311 e. The molecule has 0 aromatic carbocycles. The Bertz CT molecular complexity index is 549. The molecule has 0 fully saturated rings. The highest BCUT2D eigenvalue weighted by atomic mass is 16.1. The molecule has 0 atom stereocenters. The summed E-state index contributed by atoms with van der Waals surface area (Å²) < 4.78 is 1.83. The van der Waals surface area contributed by atoms with Crippen molar-refractivity contribution in [3.05, 3.63) is 30.6 Å². The fraction of sp³-hybridized carbons (Fsp3) is 0.333. The molecule has 18 heavy (non-hydrogen) atoms. The summed E-state index contributed by atoms with van der Waals surface area (Å²) in [7, 11) is 0. The Morgan fingerprint density at radius 3 is 2.89 bits per heavy atom. The van der Waals surface area contributed by atoms with Gasteiger partial charge in [0.05, 0.1) is 0 Å². The summed E-state index contributed by atoms with van der Waals surface area (Å²) in [6.07, 6.45) is 6.24. The zero-order valence-corrected chi connectivity index (χ0v) is 10.4. The van der Waals surface area contributed by atoms with Gasteiger partial charge in [0.25, 0.3) is 0 Å². The first-order chi connectivity index (χ1) is 8.70. The standard InChI is InChI=1S/C12H15N5O/c1-3-4-12(18)16-10-7-11(15-8-14-10)17-6-5-13-9(17)2/h5-8H,3-4H2,1-2H3,(H,14,15,16,18). The van der Waals surface area contributed by atoms with Crippen molar-refractivity contribution in [2.75, 3.05) is 5.32 Å². The Morgan fingerprint density at radius 2 is 2.22 bits per heavy atom. The number of anilines is 1. The lowest BCUT2D eigenvalue weighted by Gasteiger charge is -2.06. The topological polar surface area (TPSA) is 72.7 Å². The second-order valence-corrected chi connectivity index (χ2v) is 3.90. The number of hydrogen-bond acceptors (Lipinski definition) is 4. The van der Waals surface area contributed by atoms with Gasteiger partial charge in [-0.2, -0.15) is 0 Å². The summed E-state index contributed by atoms with van der Waals surface area (Å²) in [6, 6.07) is 1.72. The molecular weight excluding hydrogens is 230 g/mol. The van der Waals surface area contributed by atoms with E-state index in [1.807, 2.05) is 24.6 Å². The normalized spacial score (nSPS) is 10.3. The lowest BCUT2D eigenvalue weighted by Crippen LogP contribution is -2.12. The molecule has 0 saturated heterocycles. The van der Waals surface area contributed by atoms with Gasteiger partial charge >= 0.3 is 0 Å². The van der Waals surface area contributed by atoms with Crippen LogP contribution in [0.2, 0.25) is 0 Å².